The van der Waals surface area contributed by atoms with Gasteiger partial charge in [0.2, 0.25) is 0 Å². The van der Waals surface area contributed by atoms with E-state index in [0.29, 0.717) is 0 Å². The molecule has 0 aliphatic carbocycles. The molecule has 4 nitrogen and oxygen atoms in total. The highest BCUT2D eigenvalue weighted by atomic mass is 16.3. The number of amidine groups is 2. The molecule has 0 amide bonds. The maximum atomic E-state index is 7.02. The number of fused-ring (bicyclic) bond motifs is 5. The summed E-state index contributed by atoms with van der Waals surface area (Å²) in [6.07, 6.45) is -0.509. The number of hydrogen-bond donors (Lipinski definition) is 1. The molecule has 0 fully saturated rings. The lowest BCUT2D eigenvalue weighted by Gasteiger charge is -2.22. The second kappa shape index (κ2) is 12.0. The largest absolute Gasteiger partial charge is 0.455 e. The molecule has 10 rings (SSSR count). The minimum Gasteiger partial charge on any atom is -0.455 e. The highest BCUT2D eigenvalue weighted by molar-refractivity contribution is 6.16. The van der Waals surface area contributed by atoms with Crippen LogP contribution in [-0.4, -0.2) is 11.7 Å². The number of hydrogen-bond acceptors (Lipinski definition) is 4. The number of aliphatic imine (C=N–C) groups is 2. The summed E-state index contributed by atoms with van der Waals surface area (Å²) < 4.78 is 7.02. The number of furan rings is 1. The topological polar surface area (TPSA) is 49.9 Å². The summed E-state index contributed by atoms with van der Waals surface area (Å²) in [6, 6.07) is 61.7. The van der Waals surface area contributed by atoms with E-state index >= 15 is 0 Å². The predicted octanol–water partition coefficient (Wildman–Crippen LogP) is 11.7. The SMILES string of the molecule is c1ccc(C2=NC(c3cccc4c3oc3c(-c5ccc6ccccc6c5)cc(-c5ccc6ccccc6c5)cc34)N=C(c3ccccc3)N2)cc1. The first-order valence-electron chi connectivity index (χ1n) is 17.3. The smallest absolute Gasteiger partial charge is 0.173 e. The maximum Gasteiger partial charge on any atom is 0.173 e. The van der Waals surface area contributed by atoms with Crippen molar-refractivity contribution in [2.45, 2.75) is 6.17 Å². The second-order valence-corrected chi connectivity index (χ2v) is 13.0. The van der Waals surface area contributed by atoms with E-state index in [1.165, 1.54) is 21.5 Å². The van der Waals surface area contributed by atoms with E-state index in [1.54, 1.807) is 0 Å². The molecule has 4 heteroatoms. The fourth-order valence-electron chi connectivity index (χ4n) is 7.31. The van der Waals surface area contributed by atoms with Gasteiger partial charge in [0.25, 0.3) is 0 Å². The first-order chi connectivity index (χ1) is 25.2. The summed E-state index contributed by atoms with van der Waals surface area (Å²) in [7, 11) is 0. The number of nitrogens with zero attached hydrogens (tertiary/aromatic N) is 2. The number of nitrogens with one attached hydrogen (secondary N) is 1. The van der Waals surface area contributed by atoms with Crippen molar-refractivity contribution in [2.75, 3.05) is 0 Å². The molecule has 0 atom stereocenters. The molecular weight excluding hydrogens is 623 g/mol. The molecule has 0 spiro atoms. The highest BCUT2D eigenvalue weighted by Crippen LogP contribution is 2.43. The summed E-state index contributed by atoms with van der Waals surface area (Å²) in [4.78, 5) is 10.4. The van der Waals surface area contributed by atoms with Crippen LogP contribution in [-0.2, 0) is 0 Å². The van der Waals surface area contributed by atoms with Crippen LogP contribution in [0.5, 0.6) is 0 Å². The summed E-state index contributed by atoms with van der Waals surface area (Å²) in [5, 5.41) is 10.5. The van der Waals surface area contributed by atoms with Crippen LogP contribution in [0.1, 0.15) is 22.9 Å². The van der Waals surface area contributed by atoms with Gasteiger partial charge in [0.15, 0.2) is 6.17 Å². The zero-order valence-corrected chi connectivity index (χ0v) is 27.6. The molecule has 0 saturated carbocycles. The van der Waals surface area contributed by atoms with Gasteiger partial charge in [-0.1, -0.05) is 152 Å². The molecule has 2 heterocycles. The monoisotopic (exact) mass is 653 g/mol. The van der Waals surface area contributed by atoms with Gasteiger partial charge in [-0.3, -0.25) is 0 Å². The molecule has 1 aliphatic heterocycles. The van der Waals surface area contributed by atoms with Gasteiger partial charge in [0, 0.05) is 33.0 Å². The summed E-state index contributed by atoms with van der Waals surface area (Å²) in [5.74, 6) is 1.55. The number of benzene rings is 8. The van der Waals surface area contributed by atoms with Crippen LogP contribution >= 0.6 is 0 Å². The van der Waals surface area contributed by atoms with Crippen LogP contribution in [0.25, 0.3) is 65.7 Å². The van der Waals surface area contributed by atoms with E-state index in [2.05, 4.69) is 145 Å². The summed E-state index contributed by atoms with van der Waals surface area (Å²) >= 11 is 0. The van der Waals surface area contributed by atoms with E-state index < -0.39 is 6.17 Å². The van der Waals surface area contributed by atoms with Crippen LogP contribution in [0, 0.1) is 0 Å². The van der Waals surface area contributed by atoms with Crippen molar-refractivity contribution in [3.05, 3.63) is 193 Å². The Balaban J connectivity index is 1.21. The van der Waals surface area contributed by atoms with Crippen molar-refractivity contribution >= 4 is 55.2 Å². The standard InChI is InChI=1S/C47H31N3O/c1-3-14-32(15-4-1)45-48-46(33-16-5-2-6-17-33)50-47(49-45)40-21-11-20-39-42-29-38(36-24-22-30-12-7-9-18-34(30)26-36)28-41(44(42)51-43(39)40)37-25-23-31-13-8-10-19-35(31)27-37/h1-29,47H,(H,48,49,50). The molecule has 0 unspecified atom stereocenters. The van der Waals surface area contributed by atoms with Gasteiger partial charge < -0.3 is 9.73 Å². The van der Waals surface area contributed by atoms with Gasteiger partial charge in [0.1, 0.15) is 22.8 Å². The van der Waals surface area contributed by atoms with E-state index in [-0.39, 0.29) is 0 Å². The van der Waals surface area contributed by atoms with Gasteiger partial charge in [-0.15, -0.1) is 0 Å². The molecule has 1 aliphatic rings. The Hall–Kier alpha value is -6.78. The van der Waals surface area contributed by atoms with Crippen LogP contribution in [0.4, 0.5) is 0 Å². The van der Waals surface area contributed by atoms with Crippen molar-refractivity contribution in [3.8, 4) is 22.3 Å². The fourth-order valence-corrected chi connectivity index (χ4v) is 7.31. The van der Waals surface area contributed by atoms with Crippen molar-refractivity contribution in [2.24, 2.45) is 9.98 Å². The average molecular weight is 654 g/mol. The third-order valence-electron chi connectivity index (χ3n) is 9.88. The van der Waals surface area contributed by atoms with Crippen molar-refractivity contribution in [1.82, 2.24) is 5.32 Å². The van der Waals surface area contributed by atoms with Crippen LogP contribution in [0.3, 0.4) is 0 Å². The molecule has 0 radical (unpaired) electrons. The first kappa shape index (κ1) is 29.2. The Kier molecular flexibility index (Phi) is 6.85. The summed E-state index contributed by atoms with van der Waals surface area (Å²) in [5.41, 5.74) is 9.03. The zero-order valence-electron chi connectivity index (χ0n) is 27.6. The Morgan fingerprint density at radius 3 is 1.61 bits per heavy atom. The van der Waals surface area contributed by atoms with Gasteiger partial charge in [-0.25, -0.2) is 9.98 Å². The Morgan fingerprint density at radius 2 is 0.961 bits per heavy atom. The quantitative estimate of drug-likeness (QED) is 0.201. The van der Waals surface area contributed by atoms with Crippen molar-refractivity contribution < 1.29 is 4.42 Å². The molecule has 1 aromatic heterocycles. The maximum absolute atomic E-state index is 7.02. The van der Waals surface area contributed by atoms with Crippen LogP contribution in [0.2, 0.25) is 0 Å². The van der Waals surface area contributed by atoms with E-state index in [0.717, 1.165) is 72.6 Å². The average Bonchev–Trinajstić information content (AvgIpc) is 3.59. The van der Waals surface area contributed by atoms with Gasteiger partial charge in [0.05, 0.1) is 0 Å². The molecule has 8 aromatic carbocycles. The molecular formula is C47H31N3O. The molecule has 0 bridgehead atoms. The van der Waals surface area contributed by atoms with Crippen LogP contribution < -0.4 is 5.32 Å². The zero-order chi connectivity index (χ0) is 33.7. The summed E-state index contributed by atoms with van der Waals surface area (Å²) in [6.45, 7) is 0. The Labute approximate surface area is 295 Å². The van der Waals surface area contributed by atoms with Gasteiger partial charge in [-0.2, -0.15) is 0 Å². The van der Waals surface area contributed by atoms with E-state index in [9.17, 15) is 0 Å². The first-order valence-corrected chi connectivity index (χ1v) is 17.3. The minimum absolute atomic E-state index is 0.509. The Morgan fingerprint density at radius 1 is 0.392 bits per heavy atom. The predicted molar refractivity (Wildman–Crippen MR) is 211 cm³/mol. The number of para-hydroxylation sites is 1. The van der Waals surface area contributed by atoms with E-state index in [1.807, 2.05) is 36.4 Å². The lowest BCUT2D eigenvalue weighted by Crippen LogP contribution is -2.36. The van der Waals surface area contributed by atoms with Crippen molar-refractivity contribution in [1.29, 1.82) is 0 Å². The van der Waals surface area contributed by atoms with Crippen molar-refractivity contribution in [3.63, 3.8) is 0 Å². The molecule has 51 heavy (non-hydrogen) atoms. The molecule has 9 aromatic rings. The molecule has 240 valence electrons. The highest BCUT2D eigenvalue weighted by Gasteiger charge is 2.25. The Bertz CT molecular complexity index is 2780. The third kappa shape index (κ3) is 5.17. The van der Waals surface area contributed by atoms with E-state index in [4.69, 9.17) is 14.4 Å². The normalized spacial score (nSPS) is 13.4. The molecule has 0 saturated heterocycles. The third-order valence-corrected chi connectivity index (χ3v) is 9.88. The lowest BCUT2D eigenvalue weighted by molar-refractivity contribution is 0.650. The van der Waals surface area contributed by atoms with Gasteiger partial charge in [-0.05, 0) is 62.5 Å². The fraction of sp³-hybridized carbons (Fsp3) is 0.0213. The minimum atomic E-state index is -0.509. The molecule has 1 N–H and O–H groups in total. The van der Waals surface area contributed by atoms with Gasteiger partial charge >= 0.3 is 0 Å². The lowest BCUT2D eigenvalue weighted by atomic mass is 9.93. The second-order valence-electron chi connectivity index (χ2n) is 13.0. The van der Waals surface area contributed by atoms with Crippen LogP contribution in [0.15, 0.2) is 190 Å². The number of rotatable bonds is 5.